The van der Waals surface area contributed by atoms with Crippen LogP contribution in [-0.4, -0.2) is 64.7 Å². The molecule has 2 heterocycles. The van der Waals surface area contributed by atoms with Crippen molar-refractivity contribution >= 4 is 5.91 Å². The maximum Gasteiger partial charge on any atom is 0.259 e. The van der Waals surface area contributed by atoms with Crippen LogP contribution < -0.4 is 4.74 Å². The highest BCUT2D eigenvalue weighted by Gasteiger charge is 2.34. The molecule has 1 amide bonds. The van der Waals surface area contributed by atoms with E-state index in [0.717, 1.165) is 19.4 Å². The summed E-state index contributed by atoms with van der Waals surface area (Å²) in [6.45, 7) is 7.91. The van der Waals surface area contributed by atoms with E-state index in [-0.39, 0.29) is 30.6 Å². The number of amides is 1. The van der Waals surface area contributed by atoms with Gasteiger partial charge in [0, 0.05) is 43.7 Å². The second-order valence-electron chi connectivity index (χ2n) is 8.93. The van der Waals surface area contributed by atoms with Gasteiger partial charge >= 0.3 is 0 Å². The monoisotopic (exact) mass is 449 g/mol. The first-order valence-corrected chi connectivity index (χ1v) is 11.7. The van der Waals surface area contributed by atoms with E-state index < -0.39 is 0 Å². The van der Waals surface area contributed by atoms with Gasteiger partial charge in [-0.15, -0.1) is 0 Å². The van der Waals surface area contributed by atoms with Gasteiger partial charge in [-0.05, 0) is 32.0 Å². The van der Waals surface area contributed by atoms with E-state index in [1.807, 2.05) is 25.1 Å². The van der Waals surface area contributed by atoms with Crippen LogP contribution in [0.2, 0.25) is 0 Å². The van der Waals surface area contributed by atoms with Gasteiger partial charge in [0.1, 0.15) is 11.7 Å². The average Bonchev–Trinajstić information content (AvgIpc) is 2.82. The average molecular weight is 450 g/mol. The number of rotatable bonds is 7. The van der Waals surface area contributed by atoms with Gasteiger partial charge in [-0.1, -0.05) is 56.0 Å². The Labute approximate surface area is 197 Å². The fraction of sp³-hybridized carbons (Fsp3) is 0.481. The highest BCUT2D eigenvalue weighted by Crippen LogP contribution is 2.27. The topological polar surface area (TPSA) is 65.9 Å². The lowest BCUT2D eigenvalue weighted by Gasteiger charge is -2.37. The van der Waals surface area contributed by atoms with Crippen molar-refractivity contribution in [2.24, 2.45) is 5.92 Å². The first-order valence-electron chi connectivity index (χ1n) is 11.7. The van der Waals surface area contributed by atoms with Crippen molar-refractivity contribution in [1.82, 2.24) is 14.8 Å². The van der Waals surface area contributed by atoms with E-state index in [0.29, 0.717) is 30.1 Å². The molecule has 1 aliphatic heterocycles. The number of aliphatic hydroxyl groups excluding tert-OH is 1. The standard InChI is InChI=1S/C27H35N3O3/c1-5-6-8-13-23-14-24-26(28-15-23)33-25(18-29(4)17-22-11-9-7-10-12-22)20(2)16-30(27(24)32)21(3)19-31/h7,9-12,14-15,20-21,25,31H,5-6,16-19H2,1-4H3/t20-,21+,25-/m0/s1. The molecule has 176 valence electrons. The van der Waals surface area contributed by atoms with Gasteiger partial charge in [-0.25, -0.2) is 4.98 Å². The molecule has 0 radical (unpaired) electrons. The van der Waals surface area contributed by atoms with Crippen LogP contribution in [0.4, 0.5) is 0 Å². The number of fused-ring (bicyclic) bond motifs is 1. The molecule has 0 unspecified atom stereocenters. The van der Waals surface area contributed by atoms with E-state index in [9.17, 15) is 9.90 Å². The Balaban J connectivity index is 1.89. The van der Waals surface area contributed by atoms with Gasteiger partial charge in [0.2, 0.25) is 5.88 Å². The molecule has 2 aromatic rings. The van der Waals surface area contributed by atoms with Gasteiger partial charge in [-0.3, -0.25) is 9.69 Å². The third-order valence-corrected chi connectivity index (χ3v) is 5.92. The SMILES string of the molecule is CCCC#Cc1cnc2c(c1)C(=O)N([C@H](C)CO)C[C@H](C)[C@H](CN(C)Cc1ccccc1)O2. The molecule has 6 nitrogen and oxygen atoms in total. The summed E-state index contributed by atoms with van der Waals surface area (Å²) in [6.07, 6.45) is 3.28. The molecule has 0 aliphatic carbocycles. The highest BCUT2D eigenvalue weighted by atomic mass is 16.5. The molecule has 3 rings (SSSR count). The molecular weight excluding hydrogens is 414 g/mol. The number of ether oxygens (including phenoxy) is 1. The minimum Gasteiger partial charge on any atom is -0.472 e. The van der Waals surface area contributed by atoms with Crippen LogP contribution in [0.3, 0.4) is 0 Å². The first-order chi connectivity index (χ1) is 15.9. The lowest BCUT2D eigenvalue weighted by Crippen LogP contribution is -2.49. The highest BCUT2D eigenvalue weighted by molar-refractivity contribution is 5.97. The Morgan fingerprint density at radius 3 is 2.79 bits per heavy atom. The van der Waals surface area contributed by atoms with Gasteiger partial charge in [0.25, 0.3) is 5.91 Å². The number of pyridine rings is 1. The number of carbonyl (C=O) groups is 1. The molecule has 1 aliphatic rings. The largest absolute Gasteiger partial charge is 0.472 e. The fourth-order valence-electron chi connectivity index (χ4n) is 3.94. The third-order valence-electron chi connectivity index (χ3n) is 5.92. The van der Waals surface area contributed by atoms with E-state index in [2.05, 4.69) is 54.8 Å². The minimum absolute atomic E-state index is 0.0557. The Morgan fingerprint density at radius 2 is 2.09 bits per heavy atom. The summed E-state index contributed by atoms with van der Waals surface area (Å²) in [6, 6.07) is 11.8. The lowest BCUT2D eigenvalue weighted by atomic mass is 9.99. The predicted octanol–water partition coefficient (Wildman–Crippen LogP) is 3.59. The Morgan fingerprint density at radius 1 is 1.33 bits per heavy atom. The Bertz CT molecular complexity index is 983. The van der Waals surface area contributed by atoms with E-state index >= 15 is 0 Å². The van der Waals surface area contributed by atoms with Crippen LogP contribution in [0, 0.1) is 17.8 Å². The van der Waals surface area contributed by atoms with Crippen LogP contribution in [0.25, 0.3) is 0 Å². The Kier molecular flexibility index (Phi) is 8.87. The van der Waals surface area contributed by atoms with Crippen molar-refractivity contribution in [3.63, 3.8) is 0 Å². The number of likely N-dealkylation sites (N-methyl/N-ethyl adjacent to an activating group) is 1. The van der Waals surface area contributed by atoms with Crippen molar-refractivity contribution in [3.05, 3.63) is 59.3 Å². The summed E-state index contributed by atoms with van der Waals surface area (Å²) in [5, 5.41) is 9.80. The van der Waals surface area contributed by atoms with Crippen molar-refractivity contribution < 1.29 is 14.6 Å². The zero-order valence-corrected chi connectivity index (χ0v) is 20.1. The number of carbonyl (C=O) groups excluding carboxylic acids is 1. The molecule has 0 saturated carbocycles. The van der Waals surface area contributed by atoms with E-state index in [1.54, 1.807) is 17.2 Å². The lowest BCUT2D eigenvalue weighted by molar-refractivity contribution is 0.0325. The molecule has 0 saturated heterocycles. The summed E-state index contributed by atoms with van der Waals surface area (Å²) < 4.78 is 6.36. The quantitative estimate of drug-likeness (QED) is 0.655. The fourth-order valence-corrected chi connectivity index (χ4v) is 3.94. The van der Waals surface area contributed by atoms with Crippen molar-refractivity contribution in [1.29, 1.82) is 0 Å². The second-order valence-corrected chi connectivity index (χ2v) is 8.93. The summed E-state index contributed by atoms with van der Waals surface area (Å²) >= 11 is 0. The van der Waals surface area contributed by atoms with Gasteiger partial charge < -0.3 is 14.7 Å². The van der Waals surface area contributed by atoms with Crippen molar-refractivity contribution in [3.8, 4) is 17.7 Å². The van der Waals surface area contributed by atoms with Crippen LogP contribution in [0.5, 0.6) is 5.88 Å². The van der Waals surface area contributed by atoms with E-state index in [1.165, 1.54) is 5.56 Å². The van der Waals surface area contributed by atoms with Crippen LogP contribution in [0.1, 0.15) is 55.1 Å². The van der Waals surface area contributed by atoms with Crippen LogP contribution in [-0.2, 0) is 6.54 Å². The number of aromatic nitrogens is 1. The van der Waals surface area contributed by atoms with Crippen molar-refractivity contribution in [2.75, 3.05) is 26.7 Å². The maximum atomic E-state index is 13.4. The zero-order valence-electron chi connectivity index (χ0n) is 20.1. The molecule has 0 fully saturated rings. The normalized spacial score (nSPS) is 19.1. The molecule has 1 aromatic heterocycles. The van der Waals surface area contributed by atoms with Crippen molar-refractivity contribution in [2.45, 2.75) is 52.3 Å². The number of hydrogen-bond acceptors (Lipinski definition) is 5. The smallest absolute Gasteiger partial charge is 0.259 e. The number of hydrogen-bond donors (Lipinski definition) is 1. The number of unbranched alkanes of at least 4 members (excludes halogenated alkanes) is 1. The zero-order chi connectivity index (χ0) is 23.8. The third kappa shape index (κ3) is 6.56. The predicted molar refractivity (Wildman–Crippen MR) is 130 cm³/mol. The number of aliphatic hydroxyl groups is 1. The molecule has 0 bridgehead atoms. The second kappa shape index (κ2) is 11.8. The minimum atomic E-state index is -0.302. The molecule has 3 atom stereocenters. The summed E-state index contributed by atoms with van der Waals surface area (Å²) in [4.78, 5) is 21.9. The number of benzene rings is 1. The van der Waals surface area contributed by atoms with Gasteiger partial charge in [-0.2, -0.15) is 0 Å². The van der Waals surface area contributed by atoms with Crippen LogP contribution in [0.15, 0.2) is 42.6 Å². The first kappa shape index (κ1) is 24.8. The van der Waals surface area contributed by atoms with E-state index in [4.69, 9.17) is 4.74 Å². The molecular formula is C27H35N3O3. The molecule has 33 heavy (non-hydrogen) atoms. The maximum absolute atomic E-state index is 13.4. The van der Waals surface area contributed by atoms with Gasteiger partial charge in [0.05, 0.1) is 12.6 Å². The van der Waals surface area contributed by atoms with Crippen LogP contribution >= 0.6 is 0 Å². The van der Waals surface area contributed by atoms with Gasteiger partial charge in [0.15, 0.2) is 0 Å². The Hall–Kier alpha value is -2.88. The molecule has 0 spiro atoms. The summed E-state index contributed by atoms with van der Waals surface area (Å²) in [5.74, 6) is 6.41. The molecule has 1 aromatic carbocycles. The molecule has 6 heteroatoms. The number of nitrogens with zero attached hydrogens (tertiary/aromatic N) is 3. The summed E-state index contributed by atoms with van der Waals surface area (Å²) in [7, 11) is 2.07. The summed E-state index contributed by atoms with van der Waals surface area (Å²) in [5.41, 5.74) is 2.33. The molecule has 1 N–H and O–H groups in total.